The summed E-state index contributed by atoms with van der Waals surface area (Å²) in [6.07, 6.45) is 21.5. The van der Waals surface area contributed by atoms with E-state index in [-0.39, 0.29) is 19.6 Å². The van der Waals surface area contributed by atoms with Crippen molar-refractivity contribution in [1.82, 2.24) is 0 Å². The Balaban J connectivity index is 4.35. The van der Waals surface area contributed by atoms with Crippen molar-refractivity contribution in [2.45, 2.75) is 83.8 Å². The highest BCUT2D eigenvalue weighted by Gasteiger charge is 2.26. The largest absolute Gasteiger partial charge is 0.472 e. The van der Waals surface area contributed by atoms with Crippen LogP contribution in [-0.2, 0) is 32.7 Å². The van der Waals surface area contributed by atoms with Crippen molar-refractivity contribution < 1.29 is 47.2 Å². The molecule has 0 aromatic heterocycles. The van der Waals surface area contributed by atoms with Gasteiger partial charge in [-0.05, 0) is 38.5 Å². The van der Waals surface area contributed by atoms with Gasteiger partial charge in [0.15, 0.2) is 6.10 Å². The maximum Gasteiger partial charge on any atom is 0.472 e. The van der Waals surface area contributed by atoms with Gasteiger partial charge in [-0.2, -0.15) is 0 Å². The molecule has 0 rings (SSSR count). The van der Waals surface area contributed by atoms with Crippen LogP contribution in [0.3, 0.4) is 0 Å². The van der Waals surface area contributed by atoms with Gasteiger partial charge >= 0.3 is 19.8 Å². The molecule has 0 aliphatic carbocycles. The van der Waals surface area contributed by atoms with Crippen LogP contribution in [0.15, 0.2) is 48.6 Å². The van der Waals surface area contributed by atoms with Gasteiger partial charge in [0, 0.05) is 13.3 Å². The number of carbonyl (C=O) groups excluding carboxylic acids is 2. The van der Waals surface area contributed by atoms with Gasteiger partial charge in [0.2, 0.25) is 0 Å². The number of hydrogen-bond donors (Lipinski definition) is 2. The van der Waals surface area contributed by atoms with Gasteiger partial charge in [0.25, 0.3) is 0 Å². The number of allylic oxidation sites excluding steroid dienone is 7. The molecule has 0 aromatic carbocycles. The van der Waals surface area contributed by atoms with E-state index >= 15 is 0 Å². The molecule has 0 saturated heterocycles. The van der Waals surface area contributed by atoms with Gasteiger partial charge in [0.1, 0.15) is 19.8 Å². The van der Waals surface area contributed by atoms with Crippen LogP contribution in [0.4, 0.5) is 0 Å². The maximum absolute atomic E-state index is 12.3. The molecule has 0 saturated carbocycles. The lowest BCUT2D eigenvalue weighted by atomic mass is 10.1. The van der Waals surface area contributed by atoms with Gasteiger partial charge in [-0.3, -0.25) is 18.6 Å². The SMILES string of the molecule is CCCCC/C=C\C/C=C\C/C=C\C=C\[C@H](O)CCCC(=O)O[C@H](COC(C)=O)COP(=O)(O)OCC[N+](C)(C)C. The Labute approximate surface area is 246 Å². The summed E-state index contributed by atoms with van der Waals surface area (Å²) in [7, 11) is 1.34. The first-order valence-electron chi connectivity index (χ1n) is 14.4. The van der Waals surface area contributed by atoms with Crippen LogP contribution >= 0.6 is 7.82 Å². The summed E-state index contributed by atoms with van der Waals surface area (Å²) in [6.45, 7) is 3.05. The smallest absolute Gasteiger partial charge is 0.462 e. The van der Waals surface area contributed by atoms with Gasteiger partial charge in [-0.25, -0.2) is 4.57 Å². The second-order valence-electron chi connectivity index (χ2n) is 10.7. The first kappa shape index (κ1) is 38.9. The molecule has 0 spiro atoms. The molecule has 0 aliphatic heterocycles. The third kappa shape index (κ3) is 27.9. The molecule has 0 aliphatic rings. The summed E-state index contributed by atoms with van der Waals surface area (Å²) in [5.41, 5.74) is 0. The Hall–Kier alpha value is -2.07. The van der Waals surface area contributed by atoms with Crippen LogP contribution in [0.5, 0.6) is 0 Å². The number of likely N-dealkylation sites (N-methyl/N-ethyl adjacent to an activating group) is 1. The maximum atomic E-state index is 12.3. The summed E-state index contributed by atoms with van der Waals surface area (Å²) < 4.78 is 32.7. The molecular formula is C30H53NO9P+. The fourth-order valence-electron chi connectivity index (χ4n) is 3.19. The van der Waals surface area contributed by atoms with Crippen molar-refractivity contribution >= 4 is 19.8 Å². The van der Waals surface area contributed by atoms with Gasteiger partial charge in [-0.15, -0.1) is 0 Å². The van der Waals surface area contributed by atoms with E-state index in [4.69, 9.17) is 18.5 Å². The average Bonchev–Trinajstić information content (AvgIpc) is 2.87. The van der Waals surface area contributed by atoms with Crippen molar-refractivity contribution in [3.63, 3.8) is 0 Å². The summed E-state index contributed by atoms with van der Waals surface area (Å²) in [6, 6.07) is 0. The van der Waals surface area contributed by atoms with E-state index in [1.54, 1.807) is 12.2 Å². The van der Waals surface area contributed by atoms with E-state index in [9.17, 15) is 24.2 Å². The Morgan fingerprint density at radius 1 is 0.927 bits per heavy atom. The van der Waals surface area contributed by atoms with Crippen LogP contribution in [0.25, 0.3) is 0 Å². The van der Waals surface area contributed by atoms with E-state index in [1.165, 1.54) is 26.2 Å². The summed E-state index contributed by atoms with van der Waals surface area (Å²) in [4.78, 5) is 33.3. The molecule has 0 aromatic rings. The Bertz CT molecular complexity index is 878. The molecule has 0 radical (unpaired) electrons. The second kappa shape index (κ2) is 23.5. The molecule has 10 nitrogen and oxygen atoms in total. The molecule has 3 atom stereocenters. The summed E-state index contributed by atoms with van der Waals surface area (Å²) >= 11 is 0. The number of esters is 2. The minimum Gasteiger partial charge on any atom is -0.462 e. The molecule has 2 N–H and O–H groups in total. The van der Waals surface area contributed by atoms with Crippen LogP contribution in [-0.4, -0.2) is 86.1 Å². The van der Waals surface area contributed by atoms with Gasteiger partial charge in [0.05, 0.1) is 33.9 Å². The molecule has 0 bridgehead atoms. The minimum atomic E-state index is -4.38. The summed E-state index contributed by atoms with van der Waals surface area (Å²) in [5.74, 6) is -1.20. The zero-order valence-electron chi connectivity index (χ0n) is 25.6. The zero-order valence-corrected chi connectivity index (χ0v) is 26.5. The first-order chi connectivity index (χ1) is 19.3. The Morgan fingerprint density at radius 2 is 1.61 bits per heavy atom. The Morgan fingerprint density at radius 3 is 2.27 bits per heavy atom. The minimum absolute atomic E-state index is 0.00589. The topological polar surface area (TPSA) is 129 Å². The number of quaternary nitrogens is 1. The first-order valence-corrected chi connectivity index (χ1v) is 15.9. The van der Waals surface area contributed by atoms with Crippen LogP contribution < -0.4 is 0 Å². The number of aliphatic hydroxyl groups is 1. The number of hydrogen-bond acceptors (Lipinski definition) is 8. The van der Waals surface area contributed by atoms with Crippen molar-refractivity contribution in [2.75, 3.05) is 47.5 Å². The monoisotopic (exact) mass is 602 g/mol. The fourth-order valence-corrected chi connectivity index (χ4v) is 3.93. The number of carbonyl (C=O) groups is 2. The standard InChI is InChI=1S/C30H52NO9P/c1-6-7-8-9-10-11-12-13-14-15-16-17-18-20-28(33)21-19-22-30(34)40-29(25-37-27(2)32)26-39-41(35,36)38-24-23-31(3,4)5/h10-11,13-14,16-18,20,28-29,33H,6-9,12,15,19,21-26H2,1-5H3/p+1/b11-10-,14-13-,17-16-,20-18+/t28-,29+/m0/s1. The molecule has 41 heavy (non-hydrogen) atoms. The van der Waals surface area contributed by atoms with Crippen molar-refractivity contribution in [2.24, 2.45) is 0 Å². The number of unbranched alkanes of at least 4 members (excludes halogenated alkanes) is 3. The number of ether oxygens (including phenoxy) is 2. The van der Waals surface area contributed by atoms with Crippen LogP contribution in [0.1, 0.15) is 71.6 Å². The number of phosphoric ester groups is 1. The van der Waals surface area contributed by atoms with Gasteiger partial charge in [-0.1, -0.05) is 68.4 Å². The fraction of sp³-hybridized carbons (Fsp3) is 0.667. The van der Waals surface area contributed by atoms with Crippen molar-refractivity contribution in [1.29, 1.82) is 0 Å². The van der Waals surface area contributed by atoms with Gasteiger partial charge < -0.3 is 24.0 Å². The van der Waals surface area contributed by atoms with E-state index in [2.05, 4.69) is 31.2 Å². The molecule has 1 unspecified atom stereocenters. The quantitative estimate of drug-likeness (QED) is 0.0372. The molecule has 11 heteroatoms. The molecule has 0 heterocycles. The van der Waals surface area contributed by atoms with Crippen LogP contribution in [0.2, 0.25) is 0 Å². The van der Waals surface area contributed by atoms with E-state index < -0.39 is 38.6 Å². The third-order valence-electron chi connectivity index (χ3n) is 5.52. The molecule has 236 valence electrons. The number of phosphoric acid groups is 1. The normalized spacial score (nSPS) is 15.6. The van der Waals surface area contributed by atoms with Crippen LogP contribution in [0, 0.1) is 0 Å². The van der Waals surface area contributed by atoms with E-state index in [0.717, 1.165) is 19.3 Å². The lowest BCUT2D eigenvalue weighted by Crippen LogP contribution is -2.37. The zero-order chi connectivity index (χ0) is 31.0. The third-order valence-corrected chi connectivity index (χ3v) is 6.51. The summed E-state index contributed by atoms with van der Waals surface area (Å²) in [5, 5.41) is 10.1. The van der Waals surface area contributed by atoms with Crippen molar-refractivity contribution in [3.8, 4) is 0 Å². The second-order valence-corrected chi connectivity index (χ2v) is 12.2. The lowest BCUT2D eigenvalue weighted by molar-refractivity contribution is -0.870. The predicted octanol–water partition coefficient (Wildman–Crippen LogP) is 5.42. The average molecular weight is 603 g/mol. The number of aliphatic hydroxyl groups excluding tert-OH is 1. The number of rotatable bonds is 24. The highest BCUT2D eigenvalue weighted by Crippen LogP contribution is 2.43. The van der Waals surface area contributed by atoms with E-state index in [0.29, 0.717) is 23.9 Å². The molecule has 0 fully saturated rings. The molecular weight excluding hydrogens is 549 g/mol. The highest BCUT2D eigenvalue weighted by molar-refractivity contribution is 7.47. The lowest BCUT2D eigenvalue weighted by Gasteiger charge is -2.24. The Kier molecular flexibility index (Phi) is 22.3. The molecule has 0 amide bonds. The van der Waals surface area contributed by atoms with Crippen molar-refractivity contribution in [3.05, 3.63) is 48.6 Å². The number of nitrogens with zero attached hydrogens (tertiary/aromatic N) is 1. The van der Waals surface area contributed by atoms with E-state index in [1.807, 2.05) is 33.3 Å². The highest BCUT2D eigenvalue weighted by atomic mass is 31.2. The predicted molar refractivity (Wildman–Crippen MR) is 161 cm³/mol.